The third kappa shape index (κ3) is 4.04. The minimum atomic E-state index is -0.912. The molecule has 4 aliphatic carbocycles. The van der Waals surface area contributed by atoms with Gasteiger partial charge in [-0.25, -0.2) is 9.59 Å². The number of carboxylic acid groups (broad SMARTS) is 1. The lowest BCUT2D eigenvalue weighted by molar-refractivity contribution is -0.00607. The molecule has 4 bridgehead atoms. The van der Waals surface area contributed by atoms with Gasteiger partial charge in [0.15, 0.2) is 0 Å². The highest BCUT2D eigenvalue weighted by Crippen LogP contribution is 2.61. The van der Waals surface area contributed by atoms with E-state index in [9.17, 15) is 14.7 Å². The van der Waals surface area contributed by atoms with E-state index in [4.69, 9.17) is 4.74 Å². The Bertz CT molecular complexity index is 1510. The van der Waals surface area contributed by atoms with Crippen LogP contribution in [0.4, 0.5) is 0 Å². The van der Waals surface area contributed by atoms with Crippen LogP contribution in [0.25, 0.3) is 21.2 Å². The van der Waals surface area contributed by atoms with Crippen LogP contribution in [0.5, 0.6) is 0 Å². The van der Waals surface area contributed by atoms with Gasteiger partial charge in [0.05, 0.1) is 11.1 Å². The maximum atomic E-state index is 13.7. The van der Waals surface area contributed by atoms with Crippen molar-refractivity contribution in [2.24, 2.45) is 17.8 Å². The predicted octanol–water partition coefficient (Wildman–Crippen LogP) is 8.09. The number of benzene rings is 3. The number of carbonyl (C=O) groups excluding carboxylic acids is 1. The largest absolute Gasteiger partial charge is 0.478 e. The molecular weight excluding hydrogens is 492 g/mol. The van der Waals surface area contributed by atoms with E-state index >= 15 is 0 Å². The van der Waals surface area contributed by atoms with E-state index in [1.54, 1.807) is 11.4 Å². The Hall–Kier alpha value is -3.44. The number of carbonyl (C=O) groups is 2. The van der Waals surface area contributed by atoms with Crippen molar-refractivity contribution < 1.29 is 19.4 Å². The molecule has 192 valence electrons. The number of aromatic carboxylic acids is 1. The molecule has 38 heavy (non-hydrogen) atoms. The van der Waals surface area contributed by atoms with Crippen molar-refractivity contribution in [1.29, 1.82) is 0 Å². The van der Waals surface area contributed by atoms with Crippen LogP contribution >= 0.6 is 11.3 Å². The molecule has 0 amide bonds. The number of hydrogen-bond acceptors (Lipinski definition) is 4. The van der Waals surface area contributed by atoms with E-state index in [0.29, 0.717) is 11.1 Å². The third-order valence-corrected chi connectivity index (χ3v) is 10.1. The Morgan fingerprint density at radius 2 is 1.61 bits per heavy atom. The summed E-state index contributed by atoms with van der Waals surface area (Å²) >= 11 is 1.45. The smallest absolute Gasteiger partial charge is 0.338 e. The second-order valence-electron chi connectivity index (χ2n) is 11.7. The fraction of sp³-hybridized carbons (Fsp3) is 0.333. The number of esters is 1. The highest BCUT2D eigenvalue weighted by molar-refractivity contribution is 7.14. The third-order valence-electron chi connectivity index (χ3n) is 9.17. The highest BCUT2D eigenvalue weighted by atomic mass is 32.1. The molecule has 4 saturated carbocycles. The molecule has 4 aromatic rings. The average molecular weight is 523 g/mol. The summed E-state index contributed by atoms with van der Waals surface area (Å²) in [6.45, 7) is 0.255. The molecule has 0 atom stereocenters. The van der Waals surface area contributed by atoms with Crippen LogP contribution in [0, 0.1) is 17.8 Å². The van der Waals surface area contributed by atoms with Crippen LogP contribution in [0.2, 0.25) is 0 Å². The Morgan fingerprint density at radius 1 is 0.895 bits per heavy atom. The van der Waals surface area contributed by atoms with Gasteiger partial charge in [-0.2, -0.15) is 0 Å². The first-order valence-corrected chi connectivity index (χ1v) is 14.5. The first-order valence-electron chi connectivity index (χ1n) is 13.6. The lowest BCUT2D eigenvalue weighted by Crippen LogP contribution is -2.49. The first kappa shape index (κ1) is 23.7. The molecule has 4 aliphatic rings. The molecule has 5 heteroatoms. The van der Waals surface area contributed by atoms with E-state index in [1.807, 2.05) is 48.5 Å². The Morgan fingerprint density at radius 3 is 2.26 bits per heavy atom. The normalized spacial score (nSPS) is 25.5. The van der Waals surface area contributed by atoms with Gasteiger partial charge in [-0.15, -0.1) is 11.3 Å². The van der Waals surface area contributed by atoms with E-state index < -0.39 is 5.97 Å². The summed E-state index contributed by atoms with van der Waals surface area (Å²) in [5, 5.41) is 13.2. The molecule has 1 aromatic heterocycles. The van der Waals surface area contributed by atoms with E-state index in [2.05, 4.69) is 12.1 Å². The quantitative estimate of drug-likeness (QED) is 0.260. The zero-order chi connectivity index (χ0) is 25.9. The second kappa shape index (κ2) is 9.09. The summed E-state index contributed by atoms with van der Waals surface area (Å²) in [4.78, 5) is 26.2. The molecule has 1 heterocycles. The fourth-order valence-corrected chi connectivity index (χ4v) is 8.90. The molecule has 4 nitrogen and oxygen atoms in total. The van der Waals surface area contributed by atoms with E-state index in [1.165, 1.54) is 30.6 Å². The monoisotopic (exact) mass is 522 g/mol. The van der Waals surface area contributed by atoms with Gasteiger partial charge in [-0.3, -0.25) is 0 Å². The number of carboxylic acids is 1. The number of hydrogen-bond donors (Lipinski definition) is 1. The van der Waals surface area contributed by atoms with Gasteiger partial charge in [-0.05, 0) is 107 Å². The van der Waals surface area contributed by atoms with E-state index in [-0.39, 0.29) is 18.0 Å². The minimum Gasteiger partial charge on any atom is -0.478 e. The molecule has 0 unspecified atom stereocenters. The van der Waals surface area contributed by atoms with Gasteiger partial charge in [0.25, 0.3) is 0 Å². The van der Waals surface area contributed by atoms with Crippen LogP contribution in [0.15, 0.2) is 72.1 Å². The number of rotatable bonds is 6. The van der Waals surface area contributed by atoms with Gasteiger partial charge in [-0.1, -0.05) is 48.5 Å². The fourth-order valence-electron chi connectivity index (χ4n) is 7.98. The summed E-state index contributed by atoms with van der Waals surface area (Å²) in [6.07, 6.45) is 7.44. The van der Waals surface area contributed by atoms with Crippen molar-refractivity contribution >= 4 is 34.0 Å². The van der Waals surface area contributed by atoms with Crippen molar-refractivity contribution in [1.82, 2.24) is 0 Å². The second-order valence-corrected chi connectivity index (χ2v) is 12.6. The molecule has 0 radical (unpaired) electrons. The Kier molecular flexibility index (Phi) is 5.66. The van der Waals surface area contributed by atoms with Crippen LogP contribution in [0.1, 0.15) is 70.4 Å². The van der Waals surface area contributed by atoms with Crippen molar-refractivity contribution in [2.45, 2.75) is 50.5 Å². The average Bonchev–Trinajstić information content (AvgIpc) is 3.41. The first-order chi connectivity index (χ1) is 18.5. The zero-order valence-corrected chi connectivity index (χ0v) is 22.0. The van der Waals surface area contributed by atoms with Crippen LogP contribution in [-0.4, -0.2) is 17.0 Å². The van der Waals surface area contributed by atoms with Gasteiger partial charge >= 0.3 is 11.9 Å². The number of thiophene rings is 1. The number of ether oxygens (including phenoxy) is 1. The zero-order valence-electron chi connectivity index (χ0n) is 21.2. The van der Waals surface area contributed by atoms with Crippen molar-refractivity contribution in [2.75, 3.05) is 0 Å². The SMILES string of the molecule is O=C(O)c1csc(-c2cccc3cc(C(=O)OCc4ccccc4)c(C45CC6CC(CC(C6)C4)C5)cc23)c1. The molecular formula is C33H30O4S. The minimum absolute atomic E-state index is 0.0127. The molecule has 8 rings (SSSR count). The molecule has 0 spiro atoms. The van der Waals surface area contributed by atoms with Crippen LogP contribution in [0.3, 0.4) is 0 Å². The standard InChI is InChI=1S/C33H30O4S/c34-31(35)25-13-30(38-19-25)26-8-4-7-24-12-28(32(36)37-18-20-5-2-1-3-6-20)29(14-27(24)26)33-15-21-9-22(16-33)11-23(10-21)17-33/h1-8,12-14,19,21-23H,9-11,15-18H2,(H,34,35). The maximum absolute atomic E-state index is 13.7. The van der Waals surface area contributed by atoms with E-state index in [0.717, 1.165) is 69.4 Å². The molecule has 3 aromatic carbocycles. The molecule has 0 saturated heterocycles. The topological polar surface area (TPSA) is 63.6 Å². The number of fused-ring (bicyclic) bond motifs is 1. The summed E-state index contributed by atoms with van der Waals surface area (Å²) in [7, 11) is 0. The van der Waals surface area contributed by atoms with Gasteiger partial charge in [0.2, 0.25) is 0 Å². The lowest BCUT2D eigenvalue weighted by Gasteiger charge is -2.57. The summed E-state index contributed by atoms with van der Waals surface area (Å²) in [5.74, 6) is 1.07. The van der Waals surface area contributed by atoms with Crippen molar-refractivity contribution in [3.63, 3.8) is 0 Å². The summed E-state index contributed by atoms with van der Waals surface area (Å²) in [5.41, 5.74) is 4.17. The Balaban J connectivity index is 1.36. The molecule has 4 fully saturated rings. The Labute approximate surface area is 226 Å². The summed E-state index contributed by atoms with van der Waals surface area (Å²) in [6, 6.07) is 22.0. The highest BCUT2D eigenvalue weighted by Gasteiger charge is 2.52. The predicted molar refractivity (Wildman–Crippen MR) is 150 cm³/mol. The van der Waals surface area contributed by atoms with Crippen molar-refractivity contribution in [3.05, 3.63) is 94.4 Å². The molecule has 0 aliphatic heterocycles. The van der Waals surface area contributed by atoms with Gasteiger partial charge in [0, 0.05) is 10.3 Å². The molecule has 1 N–H and O–H groups in total. The van der Waals surface area contributed by atoms with Crippen LogP contribution < -0.4 is 0 Å². The van der Waals surface area contributed by atoms with Gasteiger partial charge < -0.3 is 9.84 Å². The van der Waals surface area contributed by atoms with Gasteiger partial charge in [0.1, 0.15) is 6.61 Å². The summed E-state index contributed by atoms with van der Waals surface area (Å²) < 4.78 is 5.91. The maximum Gasteiger partial charge on any atom is 0.338 e. The van der Waals surface area contributed by atoms with Crippen molar-refractivity contribution in [3.8, 4) is 10.4 Å². The lowest BCUT2D eigenvalue weighted by atomic mass is 9.47. The van der Waals surface area contributed by atoms with Crippen LogP contribution in [-0.2, 0) is 16.8 Å².